The van der Waals surface area contributed by atoms with E-state index < -0.39 is 17.7 Å². The fourth-order valence-electron chi connectivity index (χ4n) is 2.10. The Hall–Kier alpha value is -2.94. The van der Waals surface area contributed by atoms with E-state index in [-0.39, 0.29) is 5.71 Å². The molecule has 1 N–H and O–H groups in total. The Balaban J connectivity index is 2.10. The topological polar surface area (TPSA) is 129 Å². The van der Waals surface area contributed by atoms with E-state index in [2.05, 4.69) is 14.8 Å². The average Bonchev–Trinajstić information content (AvgIpc) is 2.69. The van der Waals surface area contributed by atoms with E-state index >= 15 is 0 Å². The number of carbonyl (C=O) groups is 2. The molecular formula is C20H29N3O7. The summed E-state index contributed by atoms with van der Waals surface area (Å²) >= 11 is 0. The lowest BCUT2D eigenvalue weighted by molar-refractivity contribution is -0.137. The minimum atomic E-state index is -0.734. The minimum Gasteiger partial charge on any atom is -0.491 e. The number of ether oxygens (including phenoxy) is 5. The number of rotatable bonds is 12. The van der Waals surface area contributed by atoms with Crippen LogP contribution in [-0.4, -0.2) is 74.9 Å². The largest absolute Gasteiger partial charge is 0.491 e. The van der Waals surface area contributed by atoms with E-state index in [0.717, 1.165) is 0 Å². The lowest BCUT2D eigenvalue weighted by Gasteiger charge is -2.19. The van der Waals surface area contributed by atoms with Crippen molar-refractivity contribution < 1.29 is 38.1 Å². The van der Waals surface area contributed by atoms with Crippen molar-refractivity contribution in [3.63, 3.8) is 0 Å². The van der Waals surface area contributed by atoms with Crippen LogP contribution in [0.4, 0.5) is 4.79 Å². The number of hydrogen-bond acceptors (Lipinski definition) is 7. The molecule has 1 rings (SSSR count). The zero-order valence-electron chi connectivity index (χ0n) is 17.8. The maximum absolute atomic E-state index is 11.5. The van der Waals surface area contributed by atoms with Crippen LogP contribution < -0.4 is 10.1 Å². The molecule has 0 saturated carbocycles. The summed E-state index contributed by atoms with van der Waals surface area (Å²) in [6.45, 7) is 7.59. The van der Waals surface area contributed by atoms with Crippen molar-refractivity contribution in [2.24, 2.45) is 0 Å². The SMILES string of the molecule is COC(=O)C(=[N+]=[N-])c1ccc(OCCOCCOCCNC(=O)OC(C)(C)C)cc1. The number of esters is 1. The Labute approximate surface area is 176 Å². The van der Waals surface area contributed by atoms with Crippen molar-refractivity contribution in [3.8, 4) is 5.75 Å². The highest BCUT2D eigenvalue weighted by Gasteiger charge is 2.23. The Morgan fingerprint density at radius 3 is 2.17 bits per heavy atom. The molecule has 10 nitrogen and oxygen atoms in total. The van der Waals surface area contributed by atoms with Gasteiger partial charge in [-0.1, -0.05) is 0 Å². The second kappa shape index (κ2) is 13.3. The Morgan fingerprint density at radius 2 is 1.60 bits per heavy atom. The van der Waals surface area contributed by atoms with Crippen LogP contribution >= 0.6 is 0 Å². The van der Waals surface area contributed by atoms with Crippen LogP contribution in [0.1, 0.15) is 26.3 Å². The zero-order chi connectivity index (χ0) is 22.4. The van der Waals surface area contributed by atoms with E-state index in [9.17, 15) is 9.59 Å². The number of benzene rings is 1. The molecule has 1 amide bonds. The summed E-state index contributed by atoms with van der Waals surface area (Å²) in [6, 6.07) is 6.46. The van der Waals surface area contributed by atoms with Crippen LogP contribution in [0.2, 0.25) is 0 Å². The first-order chi connectivity index (χ1) is 14.3. The number of methoxy groups -OCH3 is 1. The Kier molecular flexibility index (Phi) is 11.1. The van der Waals surface area contributed by atoms with Crippen LogP contribution in [0.25, 0.3) is 5.53 Å². The molecule has 1 aromatic carbocycles. The minimum absolute atomic E-state index is 0.186. The fraction of sp³-hybridized carbons (Fsp3) is 0.550. The third-order valence-electron chi connectivity index (χ3n) is 3.39. The van der Waals surface area contributed by atoms with E-state index in [1.54, 1.807) is 45.0 Å². The smallest absolute Gasteiger partial charge is 0.422 e. The molecule has 0 heterocycles. The van der Waals surface area contributed by atoms with Gasteiger partial charge in [-0.25, -0.2) is 9.59 Å². The number of hydrogen-bond donors (Lipinski definition) is 1. The van der Waals surface area contributed by atoms with Crippen LogP contribution in [0, 0.1) is 0 Å². The van der Waals surface area contributed by atoms with Gasteiger partial charge in [-0.05, 0) is 45.0 Å². The zero-order valence-corrected chi connectivity index (χ0v) is 17.8. The third kappa shape index (κ3) is 10.6. The summed E-state index contributed by atoms with van der Waals surface area (Å²) in [5.74, 6) is -0.156. The molecule has 30 heavy (non-hydrogen) atoms. The molecule has 0 fully saturated rings. The number of nitrogens with one attached hydrogen (secondary N) is 1. The summed E-state index contributed by atoms with van der Waals surface area (Å²) in [6.07, 6.45) is -0.474. The second-order valence-electron chi connectivity index (χ2n) is 6.97. The maximum atomic E-state index is 11.5. The molecule has 0 aliphatic rings. The molecule has 10 heteroatoms. The highest BCUT2D eigenvalue weighted by Crippen LogP contribution is 2.13. The van der Waals surface area contributed by atoms with E-state index in [1.165, 1.54) is 7.11 Å². The predicted octanol–water partition coefficient (Wildman–Crippen LogP) is 1.82. The number of alkyl carbamates (subject to hydrolysis) is 1. The van der Waals surface area contributed by atoms with Crippen molar-refractivity contribution >= 4 is 17.8 Å². The van der Waals surface area contributed by atoms with Gasteiger partial charge in [-0.2, -0.15) is 4.79 Å². The van der Waals surface area contributed by atoms with Crippen molar-refractivity contribution in [2.75, 3.05) is 46.7 Å². The van der Waals surface area contributed by atoms with Crippen molar-refractivity contribution in [3.05, 3.63) is 35.4 Å². The van der Waals surface area contributed by atoms with Gasteiger partial charge >= 0.3 is 17.8 Å². The van der Waals surface area contributed by atoms with Crippen LogP contribution in [0.15, 0.2) is 24.3 Å². The predicted molar refractivity (Wildman–Crippen MR) is 108 cm³/mol. The fourth-order valence-corrected chi connectivity index (χ4v) is 2.10. The van der Waals surface area contributed by atoms with Crippen molar-refractivity contribution in [1.82, 2.24) is 5.32 Å². The first-order valence-electron chi connectivity index (χ1n) is 9.42. The van der Waals surface area contributed by atoms with Crippen molar-refractivity contribution in [2.45, 2.75) is 26.4 Å². The molecule has 0 saturated heterocycles. The van der Waals surface area contributed by atoms with Gasteiger partial charge in [0.2, 0.25) is 0 Å². The van der Waals surface area contributed by atoms with Gasteiger partial charge in [0.15, 0.2) is 0 Å². The molecular weight excluding hydrogens is 394 g/mol. The van der Waals surface area contributed by atoms with Crippen molar-refractivity contribution in [1.29, 1.82) is 0 Å². The summed E-state index contributed by atoms with van der Waals surface area (Å²) in [5.41, 5.74) is 8.61. The summed E-state index contributed by atoms with van der Waals surface area (Å²) in [5, 5.41) is 2.60. The molecule has 0 spiro atoms. The molecule has 0 atom stereocenters. The Morgan fingerprint density at radius 1 is 1.00 bits per heavy atom. The summed E-state index contributed by atoms with van der Waals surface area (Å²) in [4.78, 5) is 25.8. The monoisotopic (exact) mass is 423 g/mol. The highest BCUT2D eigenvalue weighted by atomic mass is 16.6. The average molecular weight is 423 g/mol. The summed E-state index contributed by atoms with van der Waals surface area (Å²) in [7, 11) is 1.21. The number of amides is 1. The van der Waals surface area contributed by atoms with Gasteiger partial charge < -0.3 is 34.5 Å². The normalized spacial score (nSPS) is 10.7. The molecule has 0 radical (unpaired) electrons. The lowest BCUT2D eigenvalue weighted by Crippen LogP contribution is -2.34. The molecule has 1 aromatic rings. The third-order valence-corrected chi connectivity index (χ3v) is 3.39. The van der Waals surface area contributed by atoms with Gasteiger partial charge in [0.25, 0.3) is 0 Å². The van der Waals surface area contributed by atoms with Crippen LogP contribution in [-0.2, 0) is 23.7 Å². The molecule has 0 aliphatic carbocycles. The quantitative estimate of drug-likeness (QED) is 0.178. The first kappa shape index (κ1) is 25.1. The highest BCUT2D eigenvalue weighted by molar-refractivity contribution is 6.40. The summed E-state index contributed by atoms with van der Waals surface area (Å²) < 4.78 is 25.9. The van der Waals surface area contributed by atoms with Gasteiger partial charge in [0.1, 0.15) is 18.0 Å². The van der Waals surface area contributed by atoms with Crippen LogP contribution in [0.5, 0.6) is 5.75 Å². The maximum Gasteiger partial charge on any atom is 0.422 e. The molecule has 0 bridgehead atoms. The second-order valence-corrected chi connectivity index (χ2v) is 6.97. The standard InChI is InChI=1S/C20H29N3O7/c1-20(2,3)30-19(25)22-9-10-27-11-12-28-13-14-29-16-7-5-15(6-8-16)17(23-21)18(24)26-4/h5-8H,9-14H2,1-4H3,(H,22,25). The van der Waals surface area contributed by atoms with E-state index in [1.807, 2.05) is 0 Å². The first-order valence-corrected chi connectivity index (χ1v) is 9.42. The Bertz CT molecular complexity index is 723. The van der Waals surface area contributed by atoms with Gasteiger partial charge in [0.05, 0.1) is 39.1 Å². The van der Waals surface area contributed by atoms with Gasteiger partial charge in [-0.3, -0.25) is 0 Å². The number of carbonyl (C=O) groups excluding carboxylic acids is 2. The lowest BCUT2D eigenvalue weighted by atomic mass is 10.1. The van der Waals surface area contributed by atoms with Gasteiger partial charge in [0, 0.05) is 6.54 Å². The van der Waals surface area contributed by atoms with Gasteiger partial charge in [-0.15, -0.1) is 0 Å². The molecule has 0 unspecified atom stereocenters. The molecule has 0 aliphatic heterocycles. The van der Waals surface area contributed by atoms with Crippen LogP contribution in [0.3, 0.4) is 0 Å². The molecule has 0 aromatic heterocycles. The molecule has 166 valence electrons. The van der Waals surface area contributed by atoms with E-state index in [0.29, 0.717) is 50.9 Å². The van der Waals surface area contributed by atoms with E-state index in [4.69, 9.17) is 24.5 Å². The number of nitrogens with zero attached hydrogens (tertiary/aromatic N) is 2.